The van der Waals surface area contributed by atoms with Gasteiger partial charge in [-0.15, -0.1) is 0 Å². The summed E-state index contributed by atoms with van der Waals surface area (Å²) >= 11 is 0. The molecule has 0 aliphatic rings. The molecule has 0 bridgehead atoms. The van der Waals surface area contributed by atoms with Crippen LogP contribution in [-0.4, -0.2) is 25.0 Å². The number of hydrogen-bond donors (Lipinski definition) is 1. The van der Waals surface area contributed by atoms with Gasteiger partial charge in [0.1, 0.15) is 6.61 Å². The van der Waals surface area contributed by atoms with Gasteiger partial charge in [0.05, 0.1) is 18.7 Å². The van der Waals surface area contributed by atoms with E-state index in [1.807, 2.05) is 0 Å². The van der Waals surface area contributed by atoms with E-state index >= 15 is 0 Å². The lowest BCUT2D eigenvalue weighted by molar-refractivity contribution is -0.146. The van der Waals surface area contributed by atoms with Crippen LogP contribution in [0.15, 0.2) is 10.6 Å². The van der Waals surface area contributed by atoms with Gasteiger partial charge in [0.25, 0.3) is 0 Å². The Morgan fingerprint density at radius 1 is 1.50 bits per heavy atom. The van der Waals surface area contributed by atoms with Gasteiger partial charge in [-0.3, -0.25) is 0 Å². The molecule has 0 atom stereocenters. The summed E-state index contributed by atoms with van der Waals surface area (Å²) in [6.07, 6.45) is -5.14. The molecule has 0 fully saturated rings. The minimum absolute atomic E-state index is 0.00674. The Kier molecular flexibility index (Phi) is 4.75. The average Bonchev–Trinajstić information content (AvgIpc) is 2.60. The first-order valence-corrected chi connectivity index (χ1v) is 4.75. The van der Waals surface area contributed by atoms with Crippen LogP contribution in [0.2, 0.25) is 0 Å². The summed E-state index contributed by atoms with van der Waals surface area (Å²) < 4.78 is 45.0. The SMILES string of the molecule is CNCc1cc(COCCC(F)(F)F)on1. The zero-order valence-electron chi connectivity index (χ0n) is 8.80. The van der Waals surface area contributed by atoms with E-state index in [0.29, 0.717) is 18.0 Å². The molecule has 0 radical (unpaired) electrons. The molecule has 0 unspecified atom stereocenters. The highest BCUT2D eigenvalue weighted by Crippen LogP contribution is 2.19. The van der Waals surface area contributed by atoms with Crippen molar-refractivity contribution in [2.24, 2.45) is 0 Å². The lowest BCUT2D eigenvalue weighted by atomic mass is 10.3. The summed E-state index contributed by atoms with van der Waals surface area (Å²) in [6, 6.07) is 1.64. The van der Waals surface area contributed by atoms with Crippen molar-refractivity contribution < 1.29 is 22.4 Å². The molecule has 1 aromatic heterocycles. The van der Waals surface area contributed by atoms with Crippen LogP contribution in [0, 0.1) is 0 Å². The van der Waals surface area contributed by atoms with E-state index in [1.54, 1.807) is 13.1 Å². The highest BCUT2D eigenvalue weighted by atomic mass is 19.4. The number of halogens is 3. The molecule has 0 aromatic carbocycles. The van der Waals surface area contributed by atoms with Crippen molar-refractivity contribution >= 4 is 0 Å². The van der Waals surface area contributed by atoms with Crippen molar-refractivity contribution in [3.05, 3.63) is 17.5 Å². The Balaban J connectivity index is 2.21. The Bertz CT molecular complexity index is 312. The third kappa shape index (κ3) is 5.13. The fraction of sp³-hybridized carbons (Fsp3) is 0.667. The fourth-order valence-corrected chi connectivity index (χ4v) is 1.05. The summed E-state index contributed by atoms with van der Waals surface area (Å²) in [5, 5.41) is 6.57. The van der Waals surface area contributed by atoms with Gasteiger partial charge in [0.2, 0.25) is 0 Å². The molecule has 0 amide bonds. The van der Waals surface area contributed by atoms with Gasteiger partial charge in [-0.2, -0.15) is 13.2 Å². The second kappa shape index (κ2) is 5.86. The van der Waals surface area contributed by atoms with E-state index in [0.717, 1.165) is 0 Å². The number of ether oxygens (including phenoxy) is 1. The molecule has 1 N–H and O–H groups in total. The minimum atomic E-state index is -4.18. The molecule has 4 nitrogen and oxygen atoms in total. The summed E-state index contributed by atoms with van der Waals surface area (Å²) in [5.41, 5.74) is 0.692. The molecule has 0 saturated heterocycles. The number of alkyl halides is 3. The van der Waals surface area contributed by atoms with Crippen molar-refractivity contribution in [1.82, 2.24) is 10.5 Å². The summed E-state index contributed by atoms with van der Waals surface area (Å²) in [4.78, 5) is 0. The topological polar surface area (TPSA) is 47.3 Å². The van der Waals surface area contributed by atoms with Crippen molar-refractivity contribution in [2.75, 3.05) is 13.7 Å². The largest absolute Gasteiger partial charge is 0.391 e. The lowest BCUT2D eigenvalue weighted by Crippen LogP contribution is -2.11. The van der Waals surface area contributed by atoms with Gasteiger partial charge >= 0.3 is 6.18 Å². The molecule has 16 heavy (non-hydrogen) atoms. The van der Waals surface area contributed by atoms with Crippen LogP contribution in [0.4, 0.5) is 13.2 Å². The van der Waals surface area contributed by atoms with Crippen LogP contribution in [0.25, 0.3) is 0 Å². The van der Waals surface area contributed by atoms with Crippen LogP contribution in [0.3, 0.4) is 0 Å². The van der Waals surface area contributed by atoms with Gasteiger partial charge in [0, 0.05) is 12.6 Å². The maximum absolute atomic E-state index is 11.8. The van der Waals surface area contributed by atoms with E-state index in [9.17, 15) is 13.2 Å². The standard InChI is InChI=1S/C9H13F3N2O2/c1-13-5-7-4-8(16-14-7)6-15-3-2-9(10,11)12/h4,13H,2-3,5-6H2,1H3. The van der Waals surface area contributed by atoms with E-state index in [2.05, 4.69) is 10.5 Å². The minimum Gasteiger partial charge on any atom is -0.373 e. The summed E-state index contributed by atoms with van der Waals surface area (Å²) in [5.74, 6) is 0.424. The van der Waals surface area contributed by atoms with E-state index < -0.39 is 12.6 Å². The fourth-order valence-electron chi connectivity index (χ4n) is 1.05. The lowest BCUT2D eigenvalue weighted by Gasteiger charge is -2.05. The van der Waals surface area contributed by atoms with Crippen molar-refractivity contribution in [3.8, 4) is 0 Å². The molecule has 0 aliphatic carbocycles. The first-order valence-electron chi connectivity index (χ1n) is 4.75. The highest BCUT2D eigenvalue weighted by molar-refractivity contribution is 5.03. The van der Waals surface area contributed by atoms with E-state index in [1.165, 1.54) is 0 Å². The van der Waals surface area contributed by atoms with Crippen molar-refractivity contribution in [1.29, 1.82) is 0 Å². The summed E-state index contributed by atoms with van der Waals surface area (Å²) in [6.45, 7) is 0.185. The van der Waals surface area contributed by atoms with Crippen molar-refractivity contribution in [3.63, 3.8) is 0 Å². The van der Waals surface area contributed by atoms with Crippen LogP contribution < -0.4 is 5.32 Å². The molecule has 0 saturated carbocycles. The Labute approximate surface area is 90.7 Å². The van der Waals surface area contributed by atoms with Crippen LogP contribution in [0.5, 0.6) is 0 Å². The molecule has 1 heterocycles. The van der Waals surface area contributed by atoms with Gasteiger partial charge in [0.15, 0.2) is 5.76 Å². The van der Waals surface area contributed by atoms with Crippen molar-refractivity contribution in [2.45, 2.75) is 25.7 Å². The maximum atomic E-state index is 11.8. The maximum Gasteiger partial charge on any atom is 0.391 e. The number of aromatic nitrogens is 1. The van der Waals surface area contributed by atoms with Crippen LogP contribution in [-0.2, 0) is 17.9 Å². The Hall–Kier alpha value is -1.08. The van der Waals surface area contributed by atoms with E-state index in [-0.39, 0.29) is 13.2 Å². The predicted octanol–water partition coefficient (Wildman–Crippen LogP) is 1.86. The number of nitrogens with zero attached hydrogens (tertiary/aromatic N) is 1. The first-order chi connectivity index (χ1) is 7.51. The van der Waals surface area contributed by atoms with Gasteiger partial charge < -0.3 is 14.6 Å². The average molecular weight is 238 g/mol. The third-order valence-corrected chi connectivity index (χ3v) is 1.74. The van der Waals surface area contributed by atoms with Crippen LogP contribution >= 0.6 is 0 Å². The molecule has 92 valence electrons. The molecule has 0 spiro atoms. The Morgan fingerprint density at radius 3 is 2.88 bits per heavy atom. The highest BCUT2D eigenvalue weighted by Gasteiger charge is 2.26. The number of nitrogens with one attached hydrogen (secondary N) is 1. The number of hydrogen-bond acceptors (Lipinski definition) is 4. The quantitative estimate of drug-likeness (QED) is 0.768. The normalized spacial score (nSPS) is 12.0. The number of rotatable bonds is 6. The van der Waals surface area contributed by atoms with Gasteiger partial charge in [-0.1, -0.05) is 5.16 Å². The molecular formula is C9H13F3N2O2. The van der Waals surface area contributed by atoms with Gasteiger partial charge in [-0.05, 0) is 7.05 Å². The zero-order valence-corrected chi connectivity index (χ0v) is 8.80. The molecule has 1 aromatic rings. The third-order valence-electron chi connectivity index (χ3n) is 1.74. The first kappa shape index (κ1) is 13.0. The second-order valence-corrected chi connectivity index (χ2v) is 3.23. The summed E-state index contributed by atoms with van der Waals surface area (Å²) in [7, 11) is 1.76. The predicted molar refractivity (Wildman–Crippen MR) is 49.6 cm³/mol. The molecule has 7 heteroatoms. The second-order valence-electron chi connectivity index (χ2n) is 3.23. The molecule has 1 rings (SSSR count). The van der Waals surface area contributed by atoms with E-state index in [4.69, 9.17) is 9.26 Å². The smallest absolute Gasteiger partial charge is 0.373 e. The van der Waals surface area contributed by atoms with Gasteiger partial charge in [-0.25, -0.2) is 0 Å². The molecule has 0 aliphatic heterocycles. The monoisotopic (exact) mass is 238 g/mol. The Morgan fingerprint density at radius 2 is 2.25 bits per heavy atom. The van der Waals surface area contributed by atoms with Crippen LogP contribution in [0.1, 0.15) is 17.9 Å². The zero-order chi connectivity index (χ0) is 12.0. The molecular weight excluding hydrogens is 225 g/mol.